The van der Waals surface area contributed by atoms with Crippen LogP contribution in [0.5, 0.6) is 0 Å². The van der Waals surface area contributed by atoms with E-state index in [1.807, 2.05) is 12.3 Å². The number of nitrogens with zero attached hydrogens (tertiary/aromatic N) is 3. The van der Waals surface area contributed by atoms with E-state index in [1.54, 1.807) is 0 Å². The van der Waals surface area contributed by atoms with Gasteiger partial charge in [0.05, 0.1) is 11.4 Å². The summed E-state index contributed by atoms with van der Waals surface area (Å²) in [5.41, 5.74) is 5.69. The Balaban J connectivity index is 1.50. The van der Waals surface area contributed by atoms with Crippen LogP contribution in [0.2, 0.25) is 0 Å². The van der Waals surface area contributed by atoms with Gasteiger partial charge in [0.2, 0.25) is 0 Å². The fraction of sp³-hybridized carbons (Fsp3) is 0.364. The summed E-state index contributed by atoms with van der Waals surface area (Å²) in [6, 6.07) is 13.3. The number of aryl methyl sites for hydroxylation is 1. The lowest BCUT2D eigenvalue weighted by atomic mass is 9.99. The molecule has 0 spiro atoms. The van der Waals surface area contributed by atoms with Crippen LogP contribution in [0.25, 0.3) is 5.70 Å². The van der Waals surface area contributed by atoms with Crippen molar-refractivity contribution in [2.45, 2.75) is 32.7 Å². The molecule has 1 fully saturated rings. The lowest BCUT2D eigenvalue weighted by molar-refractivity contribution is 0.422. The molecule has 0 amide bonds. The molecule has 2 aliphatic rings. The SMILES string of the molecule is CCNC1CCN(c2ncccc2C2=NC(c3cccc(C)c3)=C2)CC1. The van der Waals surface area contributed by atoms with Crippen LogP contribution in [0.3, 0.4) is 0 Å². The molecule has 134 valence electrons. The Bertz CT molecular complexity index is 845. The van der Waals surface area contributed by atoms with Crippen LogP contribution in [0.1, 0.15) is 36.5 Å². The fourth-order valence-corrected chi connectivity index (χ4v) is 3.78. The number of rotatable bonds is 5. The van der Waals surface area contributed by atoms with E-state index in [0.29, 0.717) is 6.04 Å². The summed E-state index contributed by atoms with van der Waals surface area (Å²) >= 11 is 0. The Morgan fingerprint density at radius 1 is 1.15 bits per heavy atom. The number of allylic oxidation sites excluding steroid dienone is 1. The quantitative estimate of drug-likeness (QED) is 0.895. The van der Waals surface area contributed by atoms with E-state index in [1.165, 1.54) is 24.0 Å². The van der Waals surface area contributed by atoms with Crippen LogP contribution in [-0.4, -0.2) is 36.4 Å². The van der Waals surface area contributed by atoms with Crippen LogP contribution < -0.4 is 10.2 Å². The number of hydrogen-bond donors (Lipinski definition) is 1. The van der Waals surface area contributed by atoms with E-state index in [4.69, 9.17) is 4.99 Å². The third-order valence-electron chi connectivity index (χ3n) is 5.18. The predicted octanol–water partition coefficient (Wildman–Crippen LogP) is 3.81. The molecule has 26 heavy (non-hydrogen) atoms. The third kappa shape index (κ3) is 3.42. The van der Waals surface area contributed by atoms with Crippen LogP contribution in [-0.2, 0) is 0 Å². The van der Waals surface area contributed by atoms with Crippen LogP contribution in [0.15, 0.2) is 53.7 Å². The van der Waals surface area contributed by atoms with Gasteiger partial charge in [0, 0.05) is 36.5 Å². The van der Waals surface area contributed by atoms with Crippen molar-refractivity contribution in [2.24, 2.45) is 4.99 Å². The fourth-order valence-electron chi connectivity index (χ4n) is 3.78. The van der Waals surface area contributed by atoms with Crippen molar-refractivity contribution in [3.05, 3.63) is 65.4 Å². The molecule has 1 aromatic heterocycles. The molecule has 4 nitrogen and oxygen atoms in total. The lowest BCUT2D eigenvalue weighted by Crippen LogP contribution is -2.43. The van der Waals surface area contributed by atoms with Crippen LogP contribution >= 0.6 is 0 Å². The maximum Gasteiger partial charge on any atom is 0.137 e. The molecule has 3 heterocycles. The first-order valence-corrected chi connectivity index (χ1v) is 9.55. The van der Waals surface area contributed by atoms with Gasteiger partial charge in [-0.2, -0.15) is 0 Å². The third-order valence-corrected chi connectivity index (χ3v) is 5.18. The maximum absolute atomic E-state index is 4.80. The summed E-state index contributed by atoms with van der Waals surface area (Å²) in [6.45, 7) is 7.43. The van der Waals surface area contributed by atoms with Crippen molar-refractivity contribution >= 4 is 17.2 Å². The second-order valence-corrected chi connectivity index (χ2v) is 7.09. The minimum absolute atomic E-state index is 0.636. The number of piperidine rings is 1. The summed E-state index contributed by atoms with van der Waals surface area (Å²) in [6.07, 6.45) is 6.40. The predicted molar refractivity (Wildman–Crippen MR) is 109 cm³/mol. The highest BCUT2D eigenvalue weighted by Gasteiger charge is 2.24. The molecule has 0 radical (unpaired) electrons. The molecule has 0 unspecified atom stereocenters. The van der Waals surface area contributed by atoms with Crippen molar-refractivity contribution in [3.8, 4) is 0 Å². The summed E-state index contributed by atoms with van der Waals surface area (Å²) in [4.78, 5) is 11.9. The minimum atomic E-state index is 0.636. The van der Waals surface area contributed by atoms with E-state index in [-0.39, 0.29) is 0 Å². The number of benzene rings is 1. The van der Waals surface area contributed by atoms with Gasteiger partial charge in [0.1, 0.15) is 5.82 Å². The molecular formula is C22H26N4. The largest absolute Gasteiger partial charge is 0.356 e. The Hall–Kier alpha value is -2.46. The van der Waals surface area contributed by atoms with Crippen molar-refractivity contribution < 1.29 is 0 Å². The second kappa shape index (κ2) is 7.42. The van der Waals surface area contributed by atoms with Crippen molar-refractivity contribution in [3.63, 3.8) is 0 Å². The summed E-state index contributed by atoms with van der Waals surface area (Å²) in [5, 5.41) is 3.56. The number of anilines is 1. The highest BCUT2D eigenvalue weighted by atomic mass is 15.2. The van der Waals surface area contributed by atoms with Gasteiger partial charge >= 0.3 is 0 Å². The summed E-state index contributed by atoms with van der Waals surface area (Å²) in [5.74, 6) is 1.07. The molecule has 0 atom stereocenters. The number of hydrogen-bond acceptors (Lipinski definition) is 4. The van der Waals surface area contributed by atoms with Gasteiger partial charge in [0.25, 0.3) is 0 Å². The maximum atomic E-state index is 4.80. The topological polar surface area (TPSA) is 40.5 Å². The monoisotopic (exact) mass is 346 g/mol. The van der Waals surface area contributed by atoms with Gasteiger partial charge in [-0.1, -0.05) is 30.7 Å². The molecule has 0 saturated carbocycles. The van der Waals surface area contributed by atoms with E-state index in [2.05, 4.69) is 65.5 Å². The zero-order valence-corrected chi connectivity index (χ0v) is 15.6. The van der Waals surface area contributed by atoms with Gasteiger partial charge in [-0.3, -0.25) is 0 Å². The number of aliphatic imine (C=N–C) groups is 1. The van der Waals surface area contributed by atoms with Crippen LogP contribution in [0, 0.1) is 6.92 Å². The standard InChI is InChI=1S/C22H26N4/c1-3-23-18-9-12-26(13-10-18)22-19(8-5-11-24-22)21-15-20(25-21)17-7-4-6-16(2)14-17/h4-8,11,14-15,18,23H,3,9-10,12-13H2,1-2H3. The molecular weight excluding hydrogens is 320 g/mol. The van der Waals surface area contributed by atoms with Crippen molar-refractivity contribution in [1.29, 1.82) is 0 Å². The van der Waals surface area contributed by atoms with Gasteiger partial charge in [0.15, 0.2) is 0 Å². The molecule has 2 aromatic rings. The highest BCUT2D eigenvalue weighted by molar-refractivity contribution is 6.21. The molecule has 0 bridgehead atoms. The zero-order chi connectivity index (χ0) is 17.9. The zero-order valence-electron chi connectivity index (χ0n) is 15.6. The Kier molecular flexibility index (Phi) is 4.85. The minimum Gasteiger partial charge on any atom is -0.356 e. The second-order valence-electron chi connectivity index (χ2n) is 7.09. The molecule has 1 aromatic carbocycles. The summed E-state index contributed by atoms with van der Waals surface area (Å²) < 4.78 is 0. The van der Waals surface area contributed by atoms with Gasteiger partial charge in [-0.15, -0.1) is 0 Å². The first kappa shape index (κ1) is 17.0. The Morgan fingerprint density at radius 2 is 1.96 bits per heavy atom. The normalized spacial score (nSPS) is 17.5. The van der Waals surface area contributed by atoms with E-state index >= 15 is 0 Å². The van der Waals surface area contributed by atoms with Gasteiger partial charge in [-0.05, 0) is 50.6 Å². The smallest absolute Gasteiger partial charge is 0.137 e. The molecule has 1 saturated heterocycles. The summed E-state index contributed by atoms with van der Waals surface area (Å²) in [7, 11) is 0. The number of pyridine rings is 1. The molecule has 1 N–H and O–H groups in total. The van der Waals surface area contributed by atoms with Crippen molar-refractivity contribution in [2.75, 3.05) is 24.5 Å². The Labute approximate surface area is 155 Å². The molecule has 4 heteroatoms. The lowest BCUT2D eigenvalue weighted by Gasteiger charge is -2.34. The Morgan fingerprint density at radius 3 is 2.69 bits per heavy atom. The van der Waals surface area contributed by atoms with E-state index in [0.717, 1.165) is 42.4 Å². The molecule has 4 rings (SSSR count). The number of aromatic nitrogens is 1. The molecule has 2 aliphatic heterocycles. The molecule has 0 aliphatic carbocycles. The number of nitrogens with one attached hydrogen (secondary N) is 1. The van der Waals surface area contributed by atoms with E-state index < -0.39 is 0 Å². The first-order valence-electron chi connectivity index (χ1n) is 9.55. The van der Waals surface area contributed by atoms with Gasteiger partial charge < -0.3 is 10.2 Å². The van der Waals surface area contributed by atoms with Crippen LogP contribution in [0.4, 0.5) is 5.82 Å². The highest BCUT2D eigenvalue weighted by Crippen LogP contribution is 2.30. The van der Waals surface area contributed by atoms with Gasteiger partial charge in [-0.25, -0.2) is 9.98 Å². The average molecular weight is 346 g/mol. The first-order chi connectivity index (χ1) is 12.7. The average Bonchev–Trinajstić information content (AvgIpc) is 2.62. The van der Waals surface area contributed by atoms with E-state index in [9.17, 15) is 0 Å². The van der Waals surface area contributed by atoms with Crippen molar-refractivity contribution in [1.82, 2.24) is 10.3 Å².